The summed E-state index contributed by atoms with van der Waals surface area (Å²) in [4.78, 5) is 24.9. The van der Waals surface area contributed by atoms with Crippen LogP contribution in [0.5, 0.6) is 11.5 Å². The second-order valence-electron chi connectivity index (χ2n) is 6.31. The summed E-state index contributed by atoms with van der Waals surface area (Å²) in [6.07, 6.45) is 0. The van der Waals surface area contributed by atoms with Crippen LogP contribution in [-0.2, 0) is 14.8 Å². The zero-order chi connectivity index (χ0) is 23.3. The summed E-state index contributed by atoms with van der Waals surface area (Å²) in [5, 5.41) is 4.31. The first kappa shape index (κ1) is 23.1. The van der Waals surface area contributed by atoms with Gasteiger partial charge in [0.15, 0.2) is 11.5 Å². The molecule has 0 saturated heterocycles. The van der Waals surface area contributed by atoms with Gasteiger partial charge in [-0.05, 0) is 35.7 Å². The zero-order valence-corrected chi connectivity index (χ0v) is 19.0. The fourth-order valence-corrected chi connectivity index (χ4v) is 4.82. The second-order valence-corrected chi connectivity index (χ2v) is 9.17. The van der Waals surface area contributed by atoms with Crippen molar-refractivity contribution in [3.05, 3.63) is 65.0 Å². The predicted molar refractivity (Wildman–Crippen MR) is 120 cm³/mol. The van der Waals surface area contributed by atoms with Gasteiger partial charge < -0.3 is 19.5 Å². The van der Waals surface area contributed by atoms with Crippen LogP contribution in [0.2, 0.25) is 0 Å². The van der Waals surface area contributed by atoms with Crippen molar-refractivity contribution in [2.24, 2.45) is 0 Å². The molecule has 0 aliphatic heterocycles. The fourth-order valence-electron chi connectivity index (χ4n) is 2.77. The van der Waals surface area contributed by atoms with Crippen LogP contribution in [0.15, 0.2) is 58.1 Å². The number of ether oxygens (including phenoxy) is 3. The summed E-state index contributed by atoms with van der Waals surface area (Å²) in [6, 6.07) is 11.8. The minimum Gasteiger partial charge on any atom is -0.493 e. The third kappa shape index (κ3) is 5.01. The Labute approximate surface area is 189 Å². The lowest BCUT2D eigenvalue weighted by molar-refractivity contribution is 0.0601. The van der Waals surface area contributed by atoms with Gasteiger partial charge in [0.2, 0.25) is 0 Å². The van der Waals surface area contributed by atoms with Crippen LogP contribution >= 0.6 is 11.3 Å². The van der Waals surface area contributed by atoms with Crippen molar-refractivity contribution in [3.63, 3.8) is 0 Å². The number of methoxy groups -OCH3 is 3. The van der Waals surface area contributed by atoms with Gasteiger partial charge >= 0.3 is 5.97 Å². The van der Waals surface area contributed by atoms with Gasteiger partial charge in [-0.15, -0.1) is 11.3 Å². The number of nitrogens with one attached hydrogen (secondary N) is 2. The van der Waals surface area contributed by atoms with Crippen molar-refractivity contribution < 1.29 is 32.2 Å². The topological polar surface area (TPSA) is 120 Å². The van der Waals surface area contributed by atoms with Gasteiger partial charge in [0.05, 0.1) is 32.6 Å². The molecule has 1 aromatic heterocycles. The highest BCUT2D eigenvalue weighted by atomic mass is 32.2. The first-order chi connectivity index (χ1) is 15.3. The maximum absolute atomic E-state index is 12.7. The zero-order valence-electron chi connectivity index (χ0n) is 17.4. The van der Waals surface area contributed by atoms with E-state index in [1.165, 1.54) is 63.8 Å². The maximum Gasteiger partial charge on any atom is 0.340 e. The Morgan fingerprint density at radius 2 is 1.59 bits per heavy atom. The molecule has 0 spiro atoms. The molecule has 0 aliphatic rings. The van der Waals surface area contributed by atoms with Gasteiger partial charge in [-0.3, -0.25) is 9.52 Å². The number of rotatable bonds is 8. The van der Waals surface area contributed by atoms with Crippen molar-refractivity contribution in [2.45, 2.75) is 4.21 Å². The SMILES string of the molecule is COC(=O)c1cc(OC)c(OC)cc1NC(=O)c1ccc(NS(=O)(=O)c2cccs2)cc1. The molecule has 3 aromatic rings. The van der Waals surface area contributed by atoms with E-state index in [1.807, 2.05) is 0 Å². The number of sulfonamides is 1. The van der Waals surface area contributed by atoms with E-state index >= 15 is 0 Å². The summed E-state index contributed by atoms with van der Waals surface area (Å²) >= 11 is 1.10. The maximum atomic E-state index is 12.7. The van der Waals surface area contributed by atoms with Crippen LogP contribution in [0.4, 0.5) is 11.4 Å². The highest BCUT2D eigenvalue weighted by Gasteiger charge is 2.20. The first-order valence-electron chi connectivity index (χ1n) is 9.11. The Morgan fingerprint density at radius 3 is 2.16 bits per heavy atom. The Morgan fingerprint density at radius 1 is 0.938 bits per heavy atom. The Hall–Kier alpha value is -3.57. The molecule has 0 fully saturated rings. The summed E-state index contributed by atoms with van der Waals surface area (Å²) in [6.45, 7) is 0. The fraction of sp³-hybridized carbons (Fsp3) is 0.143. The van der Waals surface area contributed by atoms with Gasteiger partial charge in [0.1, 0.15) is 4.21 Å². The van der Waals surface area contributed by atoms with E-state index in [4.69, 9.17) is 14.2 Å². The molecule has 2 aromatic carbocycles. The largest absolute Gasteiger partial charge is 0.493 e. The van der Waals surface area contributed by atoms with Gasteiger partial charge in [-0.2, -0.15) is 0 Å². The number of thiophene rings is 1. The molecule has 9 nitrogen and oxygen atoms in total. The van der Waals surface area contributed by atoms with Gasteiger partial charge in [-0.1, -0.05) is 6.07 Å². The van der Waals surface area contributed by atoms with E-state index in [9.17, 15) is 18.0 Å². The summed E-state index contributed by atoms with van der Waals surface area (Å²) < 4.78 is 42.5. The lowest BCUT2D eigenvalue weighted by Gasteiger charge is -2.15. The number of anilines is 2. The molecule has 0 bridgehead atoms. The number of benzene rings is 2. The lowest BCUT2D eigenvalue weighted by atomic mass is 10.1. The molecular formula is C21H20N2O7S2. The first-order valence-corrected chi connectivity index (χ1v) is 11.5. The molecule has 1 amide bonds. The third-order valence-corrected chi connectivity index (χ3v) is 7.12. The van der Waals surface area contributed by atoms with Crippen LogP contribution in [0, 0.1) is 0 Å². The van der Waals surface area contributed by atoms with E-state index in [-0.39, 0.29) is 21.0 Å². The highest BCUT2D eigenvalue weighted by Crippen LogP contribution is 2.34. The molecule has 32 heavy (non-hydrogen) atoms. The summed E-state index contributed by atoms with van der Waals surface area (Å²) in [5.41, 5.74) is 0.798. The summed E-state index contributed by atoms with van der Waals surface area (Å²) in [5.74, 6) is -0.573. The minimum absolute atomic E-state index is 0.0822. The molecule has 0 atom stereocenters. The van der Waals surface area contributed by atoms with E-state index in [1.54, 1.807) is 11.4 Å². The standard InChI is InChI=1S/C21H20N2O7S2/c1-28-17-11-15(21(25)30-3)16(12-18(17)29-2)22-20(24)13-6-8-14(9-7-13)23-32(26,27)19-5-4-10-31-19/h4-12,23H,1-3H3,(H,22,24). The average molecular weight is 477 g/mol. The van der Waals surface area contributed by atoms with E-state index in [2.05, 4.69) is 10.0 Å². The average Bonchev–Trinajstić information content (AvgIpc) is 3.34. The molecule has 11 heteroatoms. The van der Waals surface area contributed by atoms with Gasteiger partial charge in [0, 0.05) is 23.4 Å². The molecular weight excluding hydrogens is 456 g/mol. The lowest BCUT2D eigenvalue weighted by Crippen LogP contribution is -2.16. The molecule has 0 radical (unpaired) electrons. The minimum atomic E-state index is -3.69. The number of hydrogen-bond acceptors (Lipinski definition) is 8. The van der Waals surface area contributed by atoms with Crippen molar-refractivity contribution >= 4 is 44.6 Å². The molecule has 0 aliphatic carbocycles. The Bertz CT molecular complexity index is 1220. The number of amides is 1. The van der Waals surface area contributed by atoms with Crippen molar-refractivity contribution in [3.8, 4) is 11.5 Å². The summed E-state index contributed by atoms with van der Waals surface area (Å²) in [7, 11) is 0.379. The normalized spacial score (nSPS) is 10.8. The van der Waals surface area contributed by atoms with Crippen LogP contribution < -0.4 is 19.5 Å². The smallest absolute Gasteiger partial charge is 0.340 e. The Kier molecular flexibility index (Phi) is 7.01. The molecule has 2 N–H and O–H groups in total. The molecule has 3 rings (SSSR count). The van der Waals surface area contributed by atoms with Crippen LogP contribution in [0.25, 0.3) is 0 Å². The monoisotopic (exact) mass is 476 g/mol. The van der Waals surface area contributed by atoms with Gasteiger partial charge in [0.25, 0.3) is 15.9 Å². The third-order valence-electron chi connectivity index (χ3n) is 4.34. The number of esters is 1. The van der Waals surface area contributed by atoms with E-state index in [0.717, 1.165) is 11.3 Å². The molecule has 0 saturated carbocycles. The highest BCUT2D eigenvalue weighted by molar-refractivity contribution is 7.94. The molecule has 0 unspecified atom stereocenters. The quantitative estimate of drug-likeness (QED) is 0.477. The molecule has 168 valence electrons. The van der Waals surface area contributed by atoms with Crippen LogP contribution in [0.3, 0.4) is 0 Å². The van der Waals surface area contributed by atoms with Crippen molar-refractivity contribution in [2.75, 3.05) is 31.4 Å². The van der Waals surface area contributed by atoms with Crippen molar-refractivity contribution in [1.29, 1.82) is 0 Å². The van der Waals surface area contributed by atoms with Crippen LogP contribution in [0.1, 0.15) is 20.7 Å². The second kappa shape index (κ2) is 9.71. The van der Waals surface area contributed by atoms with Crippen molar-refractivity contribution in [1.82, 2.24) is 0 Å². The Balaban J connectivity index is 1.82. The molecule has 1 heterocycles. The number of carbonyl (C=O) groups is 2. The number of hydrogen-bond donors (Lipinski definition) is 2. The number of carbonyl (C=O) groups excluding carboxylic acids is 2. The van der Waals surface area contributed by atoms with Gasteiger partial charge in [-0.25, -0.2) is 13.2 Å². The van der Waals surface area contributed by atoms with E-state index in [0.29, 0.717) is 17.2 Å². The van der Waals surface area contributed by atoms with Crippen LogP contribution in [-0.4, -0.2) is 41.6 Å². The predicted octanol–water partition coefficient (Wildman–Crippen LogP) is 3.61. The van der Waals surface area contributed by atoms with E-state index < -0.39 is 21.9 Å².